The number of thioether (sulfide) groups is 1. The molecule has 1 N–H and O–H groups in total. The van der Waals surface area contributed by atoms with Crippen LogP contribution < -0.4 is 5.32 Å². The van der Waals surface area contributed by atoms with Crippen molar-refractivity contribution in [3.63, 3.8) is 0 Å². The molecule has 6 nitrogen and oxygen atoms in total. The molecule has 4 aromatic rings. The largest absolute Gasteiger partial charge is 0.463 e. The van der Waals surface area contributed by atoms with Crippen molar-refractivity contribution in [2.24, 2.45) is 0 Å². The number of nitrogens with one attached hydrogen (secondary N) is 1. The van der Waals surface area contributed by atoms with E-state index in [2.05, 4.69) is 48.5 Å². The van der Waals surface area contributed by atoms with Crippen molar-refractivity contribution >= 4 is 45.5 Å². The van der Waals surface area contributed by atoms with E-state index in [1.54, 1.807) is 11.8 Å². The van der Waals surface area contributed by atoms with E-state index < -0.39 is 11.7 Å². The molecule has 1 amide bonds. The van der Waals surface area contributed by atoms with Crippen LogP contribution in [0.1, 0.15) is 51.5 Å². The number of anilines is 1. The Kier molecular flexibility index (Phi) is 8.55. The van der Waals surface area contributed by atoms with Crippen LogP contribution in [-0.4, -0.2) is 42.5 Å². The number of hydrogen-bond acceptors (Lipinski definition) is 6. The van der Waals surface area contributed by atoms with Crippen LogP contribution in [0, 0.1) is 0 Å². The molecule has 0 saturated heterocycles. The van der Waals surface area contributed by atoms with Gasteiger partial charge in [-0.3, -0.25) is 5.32 Å². The first-order valence-electron chi connectivity index (χ1n) is 13.0. The fourth-order valence-electron chi connectivity index (χ4n) is 4.61. The van der Waals surface area contributed by atoms with Gasteiger partial charge in [-0.25, -0.2) is 4.79 Å². The zero-order valence-corrected chi connectivity index (χ0v) is 23.6. The lowest BCUT2D eigenvalue weighted by Crippen LogP contribution is -2.28. The molecule has 2 aromatic heterocycles. The highest BCUT2D eigenvalue weighted by Gasteiger charge is 2.18. The number of amides is 1. The SMILES string of the molecule is CCc1oc2ccc(NC(=O)OC(C)(C)C)cc2c1CCN(CC)CCc1ccc2occ(SC)c2c1. The number of benzene rings is 2. The van der Waals surface area contributed by atoms with Gasteiger partial charge in [-0.05, 0) is 82.3 Å². The number of furan rings is 2. The van der Waals surface area contributed by atoms with E-state index in [1.165, 1.54) is 21.4 Å². The predicted molar refractivity (Wildman–Crippen MR) is 153 cm³/mol. The van der Waals surface area contributed by atoms with E-state index in [0.717, 1.165) is 61.2 Å². The predicted octanol–water partition coefficient (Wildman–Crippen LogP) is 7.92. The molecule has 0 saturated carbocycles. The third-order valence-corrected chi connectivity index (χ3v) is 7.26. The number of carbonyl (C=O) groups is 1. The van der Waals surface area contributed by atoms with E-state index >= 15 is 0 Å². The molecule has 4 rings (SSSR count). The van der Waals surface area contributed by atoms with E-state index in [9.17, 15) is 4.79 Å². The van der Waals surface area contributed by atoms with Crippen molar-refractivity contribution in [3.8, 4) is 0 Å². The quantitative estimate of drug-likeness (QED) is 0.213. The number of ether oxygens (including phenoxy) is 1. The number of aryl methyl sites for hydroxylation is 1. The second-order valence-corrected chi connectivity index (χ2v) is 11.1. The highest BCUT2D eigenvalue weighted by atomic mass is 32.2. The van der Waals surface area contributed by atoms with E-state index in [-0.39, 0.29) is 0 Å². The third kappa shape index (κ3) is 6.70. The van der Waals surface area contributed by atoms with Crippen LogP contribution >= 0.6 is 11.8 Å². The Morgan fingerprint density at radius 3 is 2.49 bits per heavy atom. The average molecular weight is 523 g/mol. The lowest BCUT2D eigenvalue weighted by molar-refractivity contribution is 0.0636. The van der Waals surface area contributed by atoms with Crippen LogP contribution in [0.5, 0.6) is 0 Å². The van der Waals surface area contributed by atoms with Gasteiger partial charge in [0.05, 0.1) is 4.90 Å². The molecule has 0 radical (unpaired) electrons. The van der Waals surface area contributed by atoms with Gasteiger partial charge in [0.15, 0.2) is 0 Å². The summed E-state index contributed by atoms with van der Waals surface area (Å²) < 4.78 is 17.2. The summed E-state index contributed by atoms with van der Waals surface area (Å²) in [5.41, 5.74) is 4.49. The first kappa shape index (κ1) is 27.1. The van der Waals surface area contributed by atoms with Crippen LogP contribution in [-0.2, 0) is 24.0 Å². The number of rotatable bonds is 10. The topological polar surface area (TPSA) is 67.8 Å². The van der Waals surface area contributed by atoms with Crippen molar-refractivity contribution in [1.82, 2.24) is 4.90 Å². The summed E-state index contributed by atoms with van der Waals surface area (Å²) in [6.45, 7) is 12.8. The number of fused-ring (bicyclic) bond motifs is 2. The lowest BCUT2D eigenvalue weighted by Gasteiger charge is -2.20. The molecule has 2 heterocycles. The highest BCUT2D eigenvalue weighted by Crippen LogP contribution is 2.31. The Bertz CT molecular complexity index is 1370. The minimum absolute atomic E-state index is 0.456. The van der Waals surface area contributed by atoms with Gasteiger partial charge in [-0.15, -0.1) is 11.8 Å². The Morgan fingerprint density at radius 1 is 1.03 bits per heavy atom. The van der Waals surface area contributed by atoms with E-state index in [0.29, 0.717) is 5.69 Å². The second kappa shape index (κ2) is 11.7. The molecule has 198 valence electrons. The Labute approximate surface area is 223 Å². The molecule has 7 heteroatoms. The van der Waals surface area contributed by atoms with Gasteiger partial charge < -0.3 is 18.5 Å². The zero-order chi connectivity index (χ0) is 26.6. The molecule has 0 aliphatic rings. The van der Waals surface area contributed by atoms with Gasteiger partial charge in [-0.1, -0.05) is 19.9 Å². The molecule has 0 aliphatic carbocycles. The first-order valence-corrected chi connectivity index (χ1v) is 14.2. The molecule has 0 fully saturated rings. The summed E-state index contributed by atoms with van der Waals surface area (Å²) in [4.78, 5) is 15.9. The molecule has 0 spiro atoms. The van der Waals surface area contributed by atoms with Crippen molar-refractivity contribution in [3.05, 3.63) is 59.5 Å². The normalized spacial score (nSPS) is 12.1. The maximum Gasteiger partial charge on any atom is 0.412 e. The molecule has 37 heavy (non-hydrogen) atoms. The molecule has 2 aromatic carbocycles. The first-order chi connectivity index (χ1) is 17.7. The van der Waals surface area contributed by atoms with Crippen LogP contribution in [0.3, 0.4) is 0 Å². The second-order valence-electron chi connectivity index (χ2n) is 10.3. The number of likely N-dealkylation sites (N-methyl/N-ethyl adjacent to an activating group) is 1. The fourth-order valence-corrected chi connectivity index (χ4v) is 5.13. The molecular formula is C30H38N2O4S. The monoisotopic (exact) mass is 522 g/mol. The summed E-state index contributed by atoms with van der Waals surface area (Å²) in [5.74, 6) is 1.01. The standard InChI is InChI=1S/C30H38N2O4S/c1-7-25-22(23-18-21(10-12-27(23)35-25)31-29(33)36-30(3,4)5)14-16-32(8-2)15-13-20-9-11-26-24(17-20)28(37-6)19-34-26/h9-12,17-19H,7-8,13-16H2,1-6H3,(H,31,33). The number of nitrogens with zero attached hydrogens (tertiary/aromatic N) is 1. The highest BCUT2D eigenvalue weighted by molar-refractivity contribution is 7.98. The van der Waals surface area contributed by atoms with Gasteiger partial charge in [-0.2, -0.15) is 0 Å². The summed E-state index contributed by atoms with van der Waals surface area (Å²) in [7, 11) is 0. The van der Waals surface area contributed by atoms with Gasteiger partial charge in [0.1, 0.15) is 28.8 Å². The maximum absolute atomic E-state index is 12.3. The minimum atomic E-state index is -0.546. The lowest BCUT2D eigenvalue weighted by atomic mass is 10.0. The number of hydrogen-bond donors (Lipinski definition) is 1. The van der Waals surface area contributed by atoms with Gasteiger partial charge >= 0.3 is 6.09 Å². The molecule has 0 aliphatic heterocycles. The zero-order valence-electron chi connectivity index (χ0n) is 22.8. The Hall–Kier alpha value is -2.90. The van der Waals surface area contributed by atoms with Gasteiger partial charge in [0.2, 0.25) is 0 Å². The van der Waals surface area contributed by atoms with E-state index in [1.807, 2.05) is 45.2 Å². The summed E-state index contributed by atoms with van der Waals surface area (Å²) in [6.07, 6.45) is 6.16. The summed E-state index contributed by atoms with van der Waals surface area (Å²) >= 11 is 1.72. The van der Waals surface area contributed by atoms with Gasteiger partial charge in [0, 0.05) is 41.5 Å². The number of carbonyl (C=O) groups excluding carboxylic acids is 1. The van der Waals surface area contributed by atoms with Crippen molar-refractivity contribution in [2.75, 3.05) is 31.2 Å². The van der Waals surface area contributed by atoms with Crippen molar-refractivity contribution < 1.29 is 18.4 Å². The van der Waals surface area contributed by atoms with Crippen molar-refractivity contribution in [2.45, 2.75) is 64.4 Å². The van der Waals surface area contributed by atoms with Gasteiger partial charge in [0.25, 0.3) is 0 Å². The molecule has 0 unspecified atom stereocenters. The fraction of sp³-hybridized carbons (Fsp3) is 0.433. The van der Waals surface area contributed by atoms with E-state index in [4.69, 9.17) is 13.6 Å². The smallest absolute Gasteiger partial charge is 0.412 e. The molecule has 0 atom stereocenters. The molecular weight excluding hydrogens is 484 g/mol. The van der Waals surface area contributed by atoms with Crippen LogP contribution in [0.15, 0.2) is 56.4 Å². The third-order valence-electron chi connectivity index (χ3n) is 6.51. The summed E-state index contributed by atoms with van der Waals surface area (Å²) in [5, 5.41) is 5.10. The van der Waals surface area contributed by atoms with Crippen molar-refractivity contribution in [1.29, 1.82) is 0 Å². The Morgan fingerprint density at radius 2 is 1.78 bits per heavy atom. The average Bonchev–Trinajstić information content (AvgIpc) is 3.43. The maximum atomic E-state index is 12.3. The molecule has 0 bridgehead atoms. The Balaban J connectivity index is 1.44. The van der Waals surface area contributed by atoms with Crippen LogP contribution in [0.2, 0.25) is 0 Å². The minimum Gasteiger partial charge on any atom is -0.463 e. The van der Waals surface area contributed by atoms with Crippen LogP contribution in [0.4, 0.5) is 10.5 Å². The summed E-state index contributed by atoms with van der Waals surface area (Å²) in [6, 6.07) is 12.3. The van der Waals surface area contributed by atoms with Crippen LogP contribution in [0.25, 0.3) is 21.9 Å².